The van der Waals surface area contributed by atoms with Gasteiger partial charge in [-0.25, -0.2) is 14.8 Å². The van der Waals surface area contributed by atoms with E-state index >= 15 is 0 Å². The number of carbonyl (C=O) groups excluding carboxylic acids is 3. The molecule has 4 fully saturated rings. The van der Waals surface area contributed by atoms with Gasteiger partial charge in [-0.15, -0.1) is 22.7 Å². The van der Waals surface area contributed by atoms with Crippen molar-refractivity contribution in [3.8, 4) is 23.1 Å². The minimum Gasteiger partial charge on any atom is -0.453 e. The number of ether oxygens (including phenoxy) is 1. The van der Waals surface area contributed by atoms with Crippen molar-refractivity contribution >= 4 is 106 Å². The Morgan fingerprint density at radius 1 is 0.790 bits per heavy atom. The number of carbonyl (C=O) groups is 3. The average Bonchev–Trinajstić information content (AvgIpc) is 3.75. The number of thiophene rings is 2. The van der Waals surface area contributed by atoms with Crippen LogP contribution in [0, 0.1) is 22.7 Å². The number of rotatable bonds is 8. The number of hydrogen-bond acceptors (Lipinski definition) is 8. The van der Waals surface area contributed by atoms with Crippen molar-refractivity contribution in [1.29, 1.82) is 0 Å². The van der Waals surface area contributed by atoms with Crippen molar-refractivity contribution in [2.45, 2.75) is 69.5 Å². The third-order valence-electron chi connectivity index (χ3n) is 12.6. The third kappa shape index (κ3) is 9.18. The maximum absolute atomic E-state index is 14.1. The summed E-state index contributed by atoms with van der Waals surface area (Å²) in [7, 11) is 1.30. The van der Waals surface area contributed by atoms with Gasteiger partial charge < -0.3 is 29.8 Å². The van der Waals surface area contributed by atoms with Crippen LogP contribution in [0.4, 0.5) is 4.79 Å². The van der Waals surface area contributed by atoms with E-state index in [0.717, 1.165) is 87.0 Å². The van der Waals surface area contributed by atoms with E-state index in [2.05, 4.69) is 38.1 Å². The first-order chi connectivity index (χ1) is 28.2. The number of benzene rings is 2. The molecule has 2 aliphatic carbocycles. The SMILES string of the molecule is COC(=O)N[C@@H](C(=O)N1CC2(CC2)C[C@H]1c1ncc(-c2ccc(C#Cc3ccc4nc([C@@H]5CC6(CC6)CN5C(=O)[C@H](C)c5cccs5)[nH]c4c3)cc2)[nH]1)c1cccs1.S.S.S.S. The molecule has 2 aliphatic heterocycles. The van der Waals surface area contributed by atoms with Gasteiger partial charge in [-0.2, -0.15) is 54.0 Å². The molecule has 2 spiro atoms. The summed E-state index contributed by atoms with van der Waals surface area (Å²) in [5.41, 5.74) is 5.70. The van der Waals surface area contributed by atoms with Crippen LogP contribution < -0.4 is 5.32 Å². The molecule has 4 atom stereocenters. The Kier molecular flexibility index (Phi) is 14.3. The number of amides is 3. The molecule has 17 heteroatoms. The van der Waals surface area contributed by atoms with Gasteiger partial charge in [0.25, 0.3) is 5.91 Å². The number of aromatic amines is 2. The van der Waals surface area contributed by atoms with Crippen molar-refractivity contribution in [3.63, 3.8) is 0 Å². The van der Waals surface area contributed by atoms with Gasteiger partial charge in [0.2, 0.25) is 5.91 Å². The molecule has 0 radical (unpaired) electrons. The maximum Gasteiger partial charge on any atom is 0.407 e. The van der Waals surface area contributed by atoms with E-state index in [4.69, 9.17) is 14.7 Å². The first-order valence-electron chi connectivity index (χ1n) is 19.9. The highest BCUT2D eigenvalue weighted by Gasteiger charge is 2.56. The second-order valence-corrected chi connectivity index (χ2v) is 18.5. The predicted octanol–water partition coefficient (Wildman–Crippen LogP) is 8.94. The zero-order chi connectivity index (χ0) is 39.6. The van der Waals surface area contributed by atoms with Crippen LogP contribution in [-0.2, 0) is 14.3 Å². The van der Waals surface area contributed by atoms with Crippen LogP contribution in [0.2, 0.25) is 0 Å². The van der Waals surface area contributed by atoms with E-state index in [1.54, 1.807) is 11.3 Å². The van der Waals surface area contributed by atoms with Crippen molar-refractivity contribution in [2.75, 3.05) is 20.2 Å². The van der Waals surface area contributed by atoms with Crippen molar-refractivity contribution in [3.05, 3.63) is 116 Å². The van der Waals surface area contributed by atoms with E-state index < -0.39 is 12.1 Å². The summed E-state index contributed by atoms with van der Waals surface area (Å²) < 4.78 is 4.86. The minimum atomic E-state index is -0.828. The first-order valence-corrected chi connectivity index (χ1v) is 21.6. The van der Waals surface area contributed by atoms with Crippen LogP contribution >= 0.6 is 76.7 Å². The summed E-state index contributed by atoms with van der Waals surface area (Å²) in [5, 5.41) is 6.69. The van der Waals surface area contributed by atoms with Crippen molar-refractivity contribution < 1.29 is 19.1 Å². The van der Waals surface area contributed by atoms with Crippen LogP contribution in [0.3, 0.4) is 0 Å². The van der Waals surface area contributed by atoms with Gasteiger partial charge >= 0.3 is 6.09 Å². The van der Waals surface area contributed by atoms with Gasteiger partial charge in [-0.1, -0.05) is 36.1 Å². The quantitative estimate of drug-likeness (QED) is 0.131. The summed E-state index contributed by atoms with van der Waals surface area (Å²) in [4.78, 5) is 62.8. The Bertz CT molecular complexity index is 2590. The van der Waals surface area contributed by atoms with E-state index in [1.807, 2.05) is 89.4 Å². The van der Waals surface area contributed by atoms with Crippen molar-refractivity contribution in [1.82, 2.24) is 35.1 Å². The lowest BCUT2D eigenvalue weighted by Crippen LogP contribution is -2.43. The van der Waals surface area contributed by atoms with Gasteiger partial charge in [0.1, 0.15) is 17.7 Å². The lowest BCUT2D eigenvalue weighted by atomic mass is 10.0. The molecule has 6 heterocycles. The van der Waals surface area contributed by atoms with Gasteiger partial charge in [0.15, 0.2) is 0 Å². The Balaban J connectivity index is 0.00000160. The summed E-state index contributed by atoms with van der Waals surface area (Å²) in [6, 6.07) is 20.8. The summed E-state index contributed by atoms with van der Waals surface area (Å²) in [6.07, 6.45) is 7.45. The van der Waals surface area contributed by atoms with Gasteiger partial charge in [0, 0.05) is 34.0 Å². The number of likely N-dealkylation sites (tertiary alicyclic amines) is 2. The number of nitrogens with one attached hydrogen (secondary N) is 3. The Hall–Kier alpha value is -4.31. The van der Waals surface area contributed by atoms with Crippen molar-refractivity contribution in [2.24, 2.45) is 10.8 Å². The average molecular weight is 946 g/mol. The zero-order valence-corrected chi connectivity index (χ0v) is 39.9. The second-order valence-electron chi connectivity index (χ2n) is 16.6. The van der Waals surface area contributed by atoms with Gasteiger partial charge in [-0.3, -0.25) is 9.59 Å². The number of alkyl carbamates (subject to hydrolysis) is 1. The lowest BCUT2D eigenvalue weighted by Gasteiger charge is -2.27. The van der Waals surface area contributed by atoms with Crippen LogP contribution in [0.5, 0.6) is 0 Å². The molecular formula is C45H51N7O4S6. The normalized spacial score (nSPS) is 19.5. The standard InChI is InChI=1S/C45H43N7O4S2.4H2S/c1-27(36-5-3-19-57-36)41(53)51-25-45(17-18-45)23-35(51)40-47-31-14-11-29(21-32(31)48-40)8-7-28-9-12-30(13-10-28)33-24-46-39(49-33)34-22-44(15-16-44)26-52(34)42(54)38(50-43(55)56-2)37-6-4-20-58-37;;;;/h3-6,9-14,19-21,24,27,34-35,38H,15-18,22-23,25-26H2,1-2H3,(H,46,49)(H,47,48)(H,50,55);4*1H2/t27-,34+,35+,38-;;;;/m1..../s1. The topological polar surface area (TPSA) is 136 Å². The Morgan fingerprint density at radius 2 is 1.39 bits per heavy atom. The predicted molar refractivity (Wildman–Crippen MR) is 264 cm³/mol. The molecule has 3 amide bonds. The van der Waals surface area contributed by atoms with E-state index in [9.17, 15) is 14.4 Å². The minimum absolute atomic E-state index is 0. The molecule has 62 heavy (non-hydrogen) atoms. The highest BCUT2D eigenvalue weighted by atomic mass is 32.1. The highest BCUT2D eigenvalue weighted by Crippen LogP contribution is 2.59. The molecule has 4 aromatic heterocycles. The fourth-order valence-electron chi connectivity index (χ4n) is 8.90. The summed E-state index contributed by atoms with van der Waals surface area (Å²) in [6.45, 7) is 3.45. The van der Waals surface area contributed by atoms with Gasteiger partial charge in [0.05, 0.1) is 48.0 Å². The lowest BCUT2D eigenvalue weighted by molar-refractivity contribution is -0.135. The van der Waals surface area contributed by atoms with E-state index in [-0.39, 0.29) is 94.6 Å². The van der Waals surface area contributed by atoms with Gasteiger partial charge in [-0.05, 0) is 115 Å². The molecule has 6 aromatic rings. The molecule has 3 N–H and O–H groups in total. The molecule has 10 rings (SSSR count). The summed E-state index contributed by atoms with van der Waals surface area (Å²) in [5.74, 6) is 8.08. The molecule has 2 saturated carbocycles. The largest absolute Gasteiger partial charge is 0.453 e. The monoisotopic (exact) mass is 945 g/mol. The Labute approximate surface area is 397 Å². The van der Waals surface area contributed by atoms with Crippen LogP contribution in [0.25, 0.3) is 22.3 Å². The highest BCUT2D eigenvalue weighted by molar-refractivity contribution is 7.59. The molecule has 2 saturated heterocycles. The smallest absolute Gasteiger partial charge is 0.407 e. The molecule has 326 valence electrons. The molecule has 4 aliphatic rings. The van der Waals surface area contributed by atoms with Crippen LogP contribution in [0.15, 0.2) is 83.7 Å². The fraction of sp³-hybridized carbons (Fsp3) is 0.356. The zero-order valence-electron chi connectivity index (χ0n) is 34.3. The maximum atomic E-state index is 14.1. The number of H-pyrrole nitrogens is 2. The van der Waals surface area contributed by atoms with Crippen LogP contribution in [-0.4, -0.2) is 67.8 Å². The van der Waals surface area contributed by atoms with Crippen LogP contribution in [0.1, 0.15) is 102 Å². The van der Waals surface area contributed by atoms with E-state index in [0.29, 0.717) is 6.54 Å². The first kappa shape index (κ1) is 47.2. The Morgan fingerprint density at radius 3 is 2.00 bits per heavy atom. The number of aromatic nitrogens is 4. The molecule has 2 aromatic carbocycles. The number of methoxy groups -OCH3 is 1. The molecular weight excluding hydrogens is 895 g/mol. The molecule has 0 unspecified atom stereocenters. The number of nitrogens with zero attached hydrogens (tertiary/aromatic N) is 4. The summed E-state index contributed by atoms with van der Waals surface area (Å²) >= 11 is 3.07. The van der Waals surface area contributed by atoms with E-state index in [1.165, 1.54) is 31.3 Å². The third-order valence-corrected chi connectivity index (χ3v) is 14.6. The number of imidazole rings is 2. The molecule has 11 nitrogen and oxygen atoms in total. The number of hydrogen-bond donors (Lipinski definition) is 3. The molecule has 0 bridgehead atoms. The number of fused-ring (bicyclic) bond motifs is 1. The second kappa shape index (κ2) is 18.8. The fourth-order valence-corrected chi connectivity index (χ4v) is 10.4.